The number of aliphatic hydroxyl groups is 1. The van der Waals surface area contributed by atoms with Crippen molar-refractivity contribution >= 4 is 5.69 Å². The Morgan fingerprint density at radius 3 is 2.37 bits per heavy atom. The van der Waals surface area contributed by atoms with E-state index in [9.17, 15) is 5.11 Å². The van der Waals surface area contributed by atoms with Crippen LogP contribution in [-0.4, -0.2) is 39.5 Å². The minimum Gasteiger partial charge on any atom is -0.493 e. The molecule has 106 valence electrons. The van der Waals surface area contributed by atoms with Crippen LogP contribution in [0.1, 0.15) is 19.3 Å². The molecular formula is C15H23NO3. The molecule has 4 heteroatoms. The van der Waals surface area contributed by atoms with Gasteiger partial charge in [-0.3, -0.25) is 0 Å². The second-order valence-corrected chi connectivity index (χ2v) is 5.41. The summed E-state index contributed by atoms with van der Waals surface area (Å²) in [7, 11) is 5.33. The lowest BCUT2D eigenvalue weighted by atomic mass is 9.69. The molecule has 0 heterocycles. The van der Waals surface area contributed by atoms with Crippen molar-refractivity contribution in [2.75, 3.05) is 39.3 Å². The van der Waals surface area contributed by atoms with Gasteiger partial charge in [-0.15, -0.1) is 0 Å². The number of benzene rings is 1. The van der Waals surface area contributed by atoms with Crippen LogP contribution in [0.3, 0.4) is 0 Å². The van der Waals surface area contributed by atoms with Crippen LogP contribution in [0.4, 0.5) is 5.69 Å². The average Bonchev–Trinajstić information content (AvgIpc) is 2.41. The van der Waals surface area contributed by atoms with Gasteiger partial charge in [-0.2, -0.15) is 0 Å². The lowest BCUT2D eigenvalue weighted by Gasteiger charge is -2.43. The summed E-state index contributed by atoms with van der Waals surface area (Å²) in [5.74, 6) is 1.47. The first-order valence-electron chi connectivity index (χ1n) is 6.68. The molecule has 0 aromatic heterocycles. The summed E-state index contributed by atoms with van der Waals surface area (Å²) in [4.78, 5) is 2.18. The second kappa shape index (κ2) is 5.70. The first-order valence-corrected chi connectivity index (χ1v) is 6.68. The van der Waals surface area contributed by atoms with E-state index in [1.807, 2.05) is 18.2 Å². The number of anilines is 1. The van der Waals surface area contributed by atoms with Crippen molar-refractivity contribution in [2.45, 2.75) is 19.3 Å². The molecule has 1 N–H and O–H groups in total. The van der Waals surface area contributed by atoms with Crippen LogP contribution in [0, 0.1) is 5.41 Å². The van der Waals surface area contributed by atoms with E-state index in [1.54, 1.807) is 14.2 Å². The summed E-state index contributed by atoms with van der Waals surface area (Å²) in [6.45, 7) is 1.14. The Kier molecular flexibility index (Phi) is 4.20. The molecule has 0 amide bonds. The maximum absolute atomic E-state index is 9.54. The minimum atomic E-state index is 0.0852. The fourth-order valence-electron chi connectivity index (χ4n) is 2.70. The fraction of sp³-hybridized carbons (Fsp3) is 0.600. The van der Waals surface area contributed by atoms with Crippen LogP contribution >= 0.6 is 0 Å². The van der Waals surface area contributed by atoms with E-state index in [4.69, 9.17) is 9.47 Å². The largest absolute Gasteiger partial charge is 0.493 e. The van der Waals surface area contributed by atoms with Crippen LogP contribution < -0.4 is 14.4 Å². The Balaban J connectivity index is 2.12. The molecule has 1 aromatic carbocycles. The number of rotatable bonds is 6. The molecule has 0 bridgehead atoms. The summed E-state index contributed by atoms with van der Waals surface area (Å²) in [6.07, 6.45) is 3.45. The molecule has 19 heavy (non-hydrogen) atoms. The Hall–Kier alpha value is -1.42. The van der Waals surface area contributed by atoms with Gasteiger partial charge in [0.2, 0.25) is 0 Å². The highest BCUT2D eigenvalue weighted by Gasteiger charge is 2.37. The van der Waals surface area contributed by atoms with Crippen LogP contribution in [0.25, 0.3) is 0 Å². The highest BCUT2D eigenvalue weighted by molar-refractivity contribution is 5.56. The monoisotopic (exact) mass is 265 g/mol. The number of hydrogen-bond acceptors (Lipinski definition) is 4. The van der Waals surface area contributed by atoms with E-state index in [2.05, 4.69) is 11.9 Å². The van der Waals surface area contributed by atoms with E-state index in [1.165, 1.54) is 6.42 Å². The van der Waals surface area contributed by atoms with Crippen LogP contribution in [0.2, 0.25) is 0 Å². The fourth-order valence-corrected chi connectivity index (χ4v) is 2.70. The smallest absolute Gasteiger partial charge is 0.162 e. The number of methoxy groups -OCH3 is 2. The predicted octanol–water partition coefficient (Wildman–Crippen LogP) is 2.30. The third-order valence-corrected chi connectivity index (χ3v) is 4.13. The molecule has 1 aliphatic carbocycles. The minimum absolute atomic E-state index is 0.0852. The van der Waals surface area contributed by atoms with Gasteiger partial charge in [0, 0.05) is 30.8 Å². The number of hydrogen-bond donors (Lipinski definition) is 1. The van der Waals surface area contributed by atoms with Gasteiger partial charge in [0.05, 0.1) is 20.8 Å². The molecule has 1 saturated carbocycles. The molecule has 0 atom stereocenters. The standard InChI is InChI=1S/C15H23NO3/c1-16(10-15(11-17)7-4-8-15)12-5-6-13(18-2)14(9-12)19-3/h5-6,9,17H,4,7-8,10-11H2,1-3H3. The van der Waals surface area contributed by atoms with Gasteiger partial charge < -0.3 is 19.5 Å². The van der Waals surface area contributed by atoms with Gasteiger partial charge in [0.25, 0.3) is 0 Å². The van der Waals surface area contributed by atoms with E-state index in [0.717, 1.165) is 36.6 Å². The molecular weight excluding hydrogens is 242 g/mol. The van der Waals surface area contributed by atoms with Gasteiger partial charge in [-0.05, 0) is 25.0 Å². The lowest BCUT2D eigenvalue weighted by Crippen LogP contribution is -2.43. The van der Waals surface area contributed by atoms with E-state index in [0.29, 0.717) is 0 Å². The molecule has 0 unspecified atom stereocenters. The summed E-state index contributed by atoms with van der Waals surface area (Å²) < 4.78 is 10.6. The normalized spacial score (nSPS) is 16.6. The zero-order valence-electron chi connectivity index (χ0n) is 12.0. The van der Waals surface area contributed by atoms with E-state index in [-0.39, 0.29) is 12.0 Å². The van der Waals surface area contributed by atoms with Crippen molar-refractivity contribution in [3.05, 3.63) is 18.2 Å². The molecule has 2 rings (SSSR count). The Labute approximate surface area is 114 Å². The molecule has 0 spiro atoms. The summed E-state index contributed by atoms with van der Waals surface area (Å²) >= 11 is 0. The number of aliphatic hydroxyl groups excluding tert-OH is 1. The Morgan fingerprint density at radius 1 is 1.21 bits per heavy atom. The SMILES string of the molecule is COc1ccc(N(C)CC2(CO)CCC2)cc1OC. The topological polar surface area (TPSA) is 41.9 Å². The van der Waals surface area contributed by atoms with E-state index < -0.39 is 0 Å². The Bertz CT molecular complexity index is 424. The maximum Gasteiger partial charge on any atom is 0.162 e. The molecule has 1 aromatic rings. The quantitative estimate of drug-likeness (QED) is 0.857. The highest BCUT2D eigenvalue weighted by atomic mass is 16.5. The first-order chi connectivity index (χ1) is 9.14. The highest BCUT2D eigenvalue weighted by Crippen LogP contribution is 2.42. The average molecular weight is 265 g/mol. The van der Waals surface area contributed by atoms with Gasteiger partial charge in [0.1, 0.15) is 0 Å². The molecule has 4 nitrogen and oxygen atoms in total. The van der Waals surface area contributed by atoms with Crippen molar-refractivity contribution in [2.24, 2.45) is 5.41 Å². The second-order valence-electron chi connectivity index (χ2n) is 5.41. The van der Waals surface area contributed by atoms with Gasteiger partial charge >= 0.3 is 0 Å². The van der Waals surface area contributed by atoms with Crippen molar-refractivity contribution in [3.63, 3.8) is 0 Å². The van der Waals surface area contributed by atoms with Gasteiger partial charge in [-0.25, -0.2) is 0 Å². The van der Waals surface area contributed by atoms with E-state index >= 15 is 0 Å². The number of ether oxygens (including phenoxy) is 2. The zero-order chi connectivity index (χ0) is 13.9. The lowest BCUT2D eigenvalue weighted by molar-refractivity contribution is 0.0524. The van der Waals surface area contributed by atoms with Crippen molar-refractivity contribution < 1.29 is 14.6 Å². The van der Waals surface area contributed by atoms with Crippen molar-refractivity contribution in [1.82, 2.24) is 0 Å². The molecule has 0 saturated heterocycles. The van der Waals surface area contributed by atoms with Crippen LogP contribution in [0.15, 0.2) is 18.2 Å². The van der Waals surface area contributed by atoms with Gasteiger partial charge in [-0.1, -0.05) is 6.42 Å². The molecule has 1 fully saturated rings. The molecule has 0 aliphatic heterocycles. The summed E-state index contributed by atoms with van der Waals surface area (Å²) in [5.41, 5.74) is 1.17. The van der Waals surface area contributed by atoms with Crippen molar-refractivity contribution in [3.8, 4) is 11.5 Å². The molecule has 1 aliphatic rings. The van der Waals surface area contributed by atoms with Crippen LogP contribution in [-0.2, 0) is 0 Å². The third kappa shape index (κ3) is 2.78. The third-order valence-electron chi connectivity index (χ3n) is 4.13. The molecule has 0 radical (unpaired) electrons. The van der Waals surface area contributed by atoms with Crippen LogP contribution in [0.5, 0.6) is 11.5 Å². The predicted molar refractivity (Wildman–Crippen MR) is 76.2 cm³/mol. The number of nitrogens with zero attached hydrogens (tertiary/aromatic N) is 1. The zero-order valence-corrected chi connectivity index (χ0v) is 12.0. The Morgan fingerprint density at radius 2 is 1.89 bits per heavy atom. The van der Waals surface area contributed by atoms with Crippen molar-refractivity contribution in [1.29, 1.82) is 0 Å². The first kappa shape index (κ1) is 14.0. The summed E-state index contributed by atoms with van der Waals surface area (Å²) in [6, 6.07) is 5.91. The maximum atomic E-state index is 9.54. The van der Waals surface area contributed by atoms with Gasteiger partial charge in [0.15, 0.2) is 11.5 Å². The summed E-state index contributed by atoms with van der Waals surface area (Å²) in [5, 5.41) is 9.54.